The molecule has 0 fully saturated rings. The first kappa shape index (κ1) is 12.3. The highest BCUT2D eigenvalue weighted by atomic mass is 32.1. The van der Waals surface area contributed by atoms with Crippen molar-refractivity contribution in [3.63, 3.8) is 0 Å². The highest BCUT2D eigenvalue weighted by Crippen LogP contribution is 2.16. The number of carbonyl (C=O) groups excluding carboxylic acids is 1. The summed E-state index contributed by atoms with van der Waals surface area (Å²) in [6.45, 7) is 1.88. The molecule has 0 radical (unpaired) electrons. The summed E-state index contributed by atoms with van der Waals surface area (Å²) < 4.78 is 8.83. The molecule has 0 aliphatic rings. The maximum absolute atomic E-state index is 11.7. The van der Waals surface area contributed by atoms with Crippen LogP contribution in [0.4, 0.5) is 0 Å². The standard InChI is InChI=1S/C12H9NO4S/c1-7-3-2-4-8(5-7)17-12(16)9-6-10(11(14)15)18-13-9/h2-6H,1H3,(H,14,15). The summed E-state index contributed by atoms with van der Waals surface area (Å²) in [6.07, 6.45) is 0. The fraction of sp³-hybridized carbons (Fsp3) is 0.0833. The highest BCUT2D eigenvalue weighted by molar-refractivity contribution is 7.08. The zero-order valence-corrected chi connectivity index (χ0v) is 10.2. The molecule has 6 heteroatoms. The van der Waals surface area contributed by atoms with Gasteiger partial charge in [-0.15, -0.1) is 0 Å². The van der Waals surface area contributed by atoms with E-state index in [4.69, 9.17) is 9.84 Å². The Morgan fingerprint density at radius 2 is 2.11 bits per heavy atom. The van der Waals surface area contributed by atoms with Crippen LogP contribution in [0, 0.1) is 6.92 Å². The molecule has 0 saturated carbocycles. The molecular weight excluding hydrogens is 254 g/mol. The number of carboxylic acids is 1. The van der Waals surface area contributed by atoms with Gasteiger partial charge in [0.1, 0.15) is 10.6 Å². The molecule has 0 unspecified atom stereocenters. The van der Waals surface area contributed by atoms with Gasteiger partial charge in [-0.25, -0.2) is 9.59 Å². The second-order valence-corrected chi connectivity index (χ2v) is 4.39. The third kappa shape index (κ3) is 2.72. The average molecular weight is 263 g/mol. The van der Waals surface area contributed by atoms with Gasteiger partial charge in [0, 0.05) is 0 Å². The lowest BCUT2D eigenvalue weighted by molar-refractivity contribution is 0.0702. The normalized spacial score (nSPS) is 10.1. The van der Waals surface area contributed by atoms with Crippen LogP contribution in [-0.4, -0.2) is 21.4 Å². The summed E-state index contributed by atoms with van der Waals surface area (Å²) in [7, 11) is 0. The van der Waals surface area contributed by atoms with Crippen molar-refractivity contribution in [2.45, 2.75) is 6.92 Å². The maximum Gasteiger partial charge on any atom is 0.363 e. The summed E-state index contributed by atoms with van der Waals surface area (Å²) in [5.41, 5.74) is 0.962. The van der Waals surface area contributed by atoms with Crippen LogP contribution < -0.4 is 4.74 Å². The molecule has 0 bridgehead atoms. The van der Waals surface area contributed by atoms with Gasteiger partial charge in [0.25, 0.3) is 0 Å². The average Bonchev–Trinajstić information content (AvgIpc) is 2.78. The van der Waals surface area contributed by atoms with Crippen molar-refractivity contribution < 1.29 is 19.4 Å². The molecule has 1 aromatic carbocycles. The highest BCUT2D eigenvalue weighted by Gasteiger charge is 2.16. The number of benzene rings is 1. The molecule has 0 aliphatic carbocycles. The molecule has 2 aromatic rings. The second kappa shape index (κ2) is 4.97. The Hall–Kier alpha value is -2.21. The van der Waals surface area contributed by atoms with Crippen molar-refractivity contribution in [2.24, 2.45) is 0 Å². The van der Waals surface area contributed by atoms with Crippen molar-refractivity contribution in [1.29, 1.82) is 0 Å². The minimum absolute atomic E-state index is 0.00101. The Morgan fingerprint density at radius 1 is 1.33 bits per heavy atom. The number of aromatic nitrogens is 1. The van der Waals surface area contributed by atoms with E-state index < -0.39 is 11.9 Å². The smallest absolute Gasteiger partial charge is 0.363 e. The first-order valence-corrected chi connectivity index (χ1v) is 5.82. The van der Waals surface area contributed by atoms with Crippen LogP contribution >= 0.6 is 11.5 Å². The van der Waals surface area contributed by atoms with E-state index >= 15 is 0 Å². The lowest BCUT2D eigenvalue weighted by Gasteiger charge is -2.02. The molecule has 0 atom stereocenters. The predicted molar refractivity (Wildman–Crippen MR) is 65.2 cm³/mol. The third-order valence-electron chi connectivity index (χ3n) is 2.13. The van der Waals surface area contributed by atoms with Crippen molar-refractivity contribution in [2.75, 3.05) is 0 Å². The second-order valence-electron chi connectivity index (χ2n) is 3.59. The number of nitrogens with zero attached hydrogens (tertiary/aromatic N) is 1. The summed E-state index contributed by atoms with van der Waals surface area (Å²) in [5, 5.41) is 8.72. The van der Waals surface area contributed by atoms with Gasteiger partial charge in [-0.05, 0) is 42.2 Å². The van der Waals surface area contributed by atoms with Crippen LogP contribution in [0.1, 0.15) is 25.7 Å². The van der Waals surface area contributed by atoms with Crippen LogP contribution in [0.15, 0.2) is 30.3 Å². The molecule has 92 valence electrons. The topological polar surface area (TPSA) is 76.5 Å². The Kier molecular flexibility index (Phi) is 3.38. The molecule has 0 aliphatic heterocycles. The number of aryl methyl sites for hydroxylation is 1. The molecule has 0 saturated heterocycles. The molecule has 1 N–H and O–H groups in total. The van der Waals surface area contributed by atoms with Gasteiger partial charge in [-0.2, -0.15) is 4.37 Å². The van der Waals surface area contributed by atoms with Gasteiger partial charge in [0.2, 0.25) is 0 Å². The molecule has 2 rings (SSSR count). The fourth-order valence-electron chi connectivity index (χ4n) is 1.31. The molecule has 0 amide bonds. The first-order chi connectivity index (χ1) is 8.56. The van der Waals surface area contributed by atoms with Crippen molar-refractivity contribution in [1.82, 2.24) is 4.37 Å². The summed E-state index contributed by atoms with van der Waals surface area (Å²) in [6, 6.07) is 8.20. The van der Waals surface area contributed by atoms with Gasteiger partial charge < -0.3 is 9.84 Å². The van der Waals surface area contributed by atoms with Crippen LogP contribution in [-0.2, 0) is 0 Å². The van der Waals surface area contributed by atoms with Crippen LogP contribution in [0.25, 0.3) is 0 Å². The first-order valence-electron chi connectivity index (χ1n) is 5.05. The molecule has 5 nitrogen and oxygen atoms in total. The molecule has 1 aromatic heterocycles. The number of rotatable bonds is 3. The van der Waals surface area contributed by atoms with Gasteiger partial charge >= 0.3 is 11.9 Å². The Morgan fingerprint density at radius 3 is 2.72 bits per heavy atom. The quantitative estimate of drug-likeness (QED) is 0.679. The van der Waals surface area contributed by atoms with Crippen molar-refractivity contribution in [3.05, 3.63) is 46.5 Å². The fourth-order valence-corrected chi connectivity index (χ4v) is 1.88. The van der Waals surface area contributed by atoms with Gasteiger partial charge in [0.15, 0.2) is 5.69 Å². The van der Waals surface area contributed by atoms with E-state index in [0.29, 0.717) is 5.75 Å². The lowest BCUT2D eigenvalue weighted by atomic mass is 10.2. The van der Waals surface area contributed by atoms with Crippen LogP contribution in [0.2, 0.25) is 0 Å². The summed E-state index contributed by atoms with van der Waals surface area (Å²) in [5.74, 6) is -1.36. The van der Waals surface area contributed by atoms with Gasteiger partial charge in [0.05, 0.1) is 0 Å². The van der Waals surface area contributed by atoms with Crippen LogP contribution in [0.3, 0.4) is 0 Å². The summed E-state index contributed by atoms with van der Waals surface area (Å²) in [4.78, 5) is 22.4. The van der Waals surface area contributed by atoms with Gasteiger partial charge in [-0.1, -0.05) is 12.1 Å². The number of carboxylic acid groups (broad SMARTS) is 1. The van der Waals surface area contributed by atoms with Crippen molar-refractivity contribution in [3.8, 4) is 5.75 Å². The number of carbonyl (C=O) groups is 2. The van der Waals surface area contributed by atoms with E-state index in [1.54, 1.807) is 18.2 Å². The minimum atomic E-state index is -1.11. The molecular formula is C12H9NO4S. The number of hydrogen-bond acceptors (Lipinski definition) is 5. The van der Waals surface area contributed by atoms with Gasteiger partial charge in [-0.3, -0.25) is 0 Å². The zero-order chi connectivity index (χ0) is 13.1. The number of hydrogen-bond donors (Lipinski definition) is 1. The van der Waals surface area contributed by atoms with E-state index in [2.05, 4.69) is 4.37 Å². The monoisotopic (exact) mass is 263 g/mol. The van der Waals surface area contributed by atoms with E-state index in [-0.39, 0.29) is 10.6 Å². The summed E-state index contributed by atoms with van der Waals surface area (Å²) >= 11 is 0.749. The van der Waals surface area contributed by atoms with E-state index in [0.717, 1.165) is 17.1 Å². The largest absolute Gasteiger partial charge is 0.477 e. The number of ether oxygens (including phenoxy) is 1. The lowest BCUT2D eigenvalue weighted by Crippen LogP contribution is -2.08. The Bertz CT molecular complexity index is 606. The number of aromatic carboxylic acids is 1. The molecule has 1 heterocycles. The van der Waals surface area contributed by atoms with E-state index in [1.807, 2.05) is 13.0 Å². The maximum atomic E-state index is 11.7. The Balaban J connectivity index is 2.14. The number of esters is 1. The molecule has 0 spiro atoms. The third-order valence-corrected chi connectivity index (χ3v) is 2.91. The SMILES string of the molecule is Cc1cccc(OC(=O)c2cc(C(=O)O)sn2)c1. The van der Waals surface area contributed by atoms with Crippen LogP contribution in [0.5, 0.6) is 5.75 Å². The van der Waals surface area contributed by atoms with Crippen molar-refractivity contribution >= 4 is 23.5 Å². The molecule has 18 heavy (non-hydrogen) atoms. The Labute approximate surface area is 107 Å². The minimum Gasteiger partial charge on any atom is -0.477 e. The predicted octanol–water partition coefficient (Wildman–Crippen LogP) is 2.37. The van der Waals surface area contributed by atoms with E-state index in [9.17, 15) is 9.59 Å². The zero-order valence-electron chi connectivity index (χ0n) is 9.41. The van der Waals surface area contributed by atoms with E-state index in [1.165, 1.54) is 6.07 Å².